The average Bonchev–Trinajstić information content (AvgIpc) is 3.31. The standard InChI is InChI=1S/C16H25N7O2S/c1-2-3-9-26(24,25)22-8-5-13(11-22)10-18-15-14(17)16(20-12-19-15)23-7-4-6-21-23/h4,6-7,12-13H,2-3,5,8-11,17H2,1H3,(H,18,19,20). The van der Waals surface area contributed by atoms with Crippen molar-refractivity contribution in [3.8, 4) is 5.82 Å². The first-order valence-electron chi connectivity index (χ1n) is 8.83. The highest BCUT2D eigenvalue weighted by Gasteiger charge is 2.30. The summed E-state index contributed by atoms with van der Waals surface area (Å²) < 4.78 is 27.8. The molecule has 1 aliphatic heterocycles. The lowest BCUT2D eigenvalue weighted by Crippen LogP contribution is -2.31. The monoisotopic (exact) mass is 379 g/mol. The molecule has 1 aliphatic rings. The molecule has 0 radical (unpaired) electrons. The lowest BCUT2D eigenvalue weighted by atomic mass is 10.1. The summed E-state index contributed by atoms with van der Waals surface area (Å²) in [6, 6.07) is 1.79. The molecule has 142 valence electrons. The molecular formula is C16H25N7O2S. The number of anilines is 2. The van der Waals surface area contributed by atoms with Crippen LogP contribution in [0.2, 0.25) is 0 Å². The van der Waals surface area contributed by atoms with E-state index in [1.165, 1.54) is 6.33 Å². The summed E-state index contributed by atoms with van der Waals surface area (Å²) in [6.45, 7) is 3.72. The zero-order chi connectivity index (χ0) is 18.6. The van der Waals surface area contributed by atoms with Crippen molar-refractivity contribution in [3.63, 3.8) is 0 Å². The zero-order valence-electron chi connectivity index (χ0n) is 14.9. The number of nitrogens with zero attached hydrogens (tertiary/aromatic N) is 5. The fraction of sp³-hybridized carbons (Fsp3) is 0.562. The number of sulfonamides is 1. The van der Waals surface area contributed by atoms with Crippen LogP contribution in [0.15, 0.2) is 24.8 Å². The highest BCUT2D eigenvalue weighted by atomic mass is 32.2. The first-order valence-corrected chi connectivity index (χ1v) is 10.4. The SMILES string of the molecule is CCCCS(=O)(=O)N1CCC(CNc2ncnc(-n3cccn3)c2N)C1. The summed E-state index contributed by atoms with van der Waals surface area (Å²) in [6.07, 6.45) is 7.26. The van der Waals surface area contributed by atoms with Gasteiger partial charge in [0.05, 0.1) is 5.75 Å². The smallest absolute Gasteiger partial charge is 0.214 e. The van der Waals surface area contributed by atoms with Crippen LogP contribution in [0.1, 0.15) is 26.2 Å². The van der Waals surface area contributed by atoms with Crippen LogP contribution >= 0.6 is 0 Å². The summed E-state index contributed by atoms with van der Waals surface area (Å²) in [5.41, 5.74) is 6.57. The number of rotatable bonds is 8. The Labute approximate surface area is 153 Å². The minimum absolute atomic E-state index is 0.230. The zero-order valence-corrected chi connectivity index (χ0v) is 15.7. The first-order chi connectivity index (χ1) is 12.5. The third-order valence-electron chi connectivity index (χ3n) is 4.54. The molecular weight excluding hydrogens is 354 g/mol. The summed E-state index contributed by atoms with van der Waals surface area (Å²) in [4.78, 5) is 8.37. The van der Waals surface area contributed by atoms with Crippen LogP contribution in [0.5, 0.6) is 0 Å². The molecule has 2 aromatic heterocycles. The summed E-state index contributed by atoms with van der Waals surface area (Å²) >= 11 is 0. The molecule has 0 aromatic carbocycles. The molecule has 0 spiro atoms. The quantitative estimate of drug-likeness (QED) is 0.705. The molecule has 9 nitrogen and oxygen atoms in total. The topological polar surface area (TPSA) is 119 Å². The van der Waals surface area contributed by atoms with Crippen LogP contribution < -0.4 is 11.1 Å². The lowest BCUT2D eigenvalue weighted by Gasteiger charge is -2.17. The Balaban J connectivity index is 1.60. The van der Waals surface area contributed by atoms with E-state index >= 15 is 0 Å². The van der Waals surface area contributed by atoms with Crippen molar-refractivity contribution < 1.29 is 8.42 Å². The Morgan fingerprint density at radius 2 is 2.23 bits per heavy atom. The van der Waals surface area contributed by atoms with Gasteiger partial charge in [0.2, 0.25) is 10.0 Å². The Kier molecular flexibility index (Phi) is 5.72. The van der Waals surface area contributed by atoms with E-state index in [2.05, 4.69) is 20.4 Å². The van der Waals surface area contributed by atoms with E-state index in [-0.39, 0.29) is 11.7 Å². The Morgan fingerprint density at radius 3 is 2.96 bits per heavy atom. The van der Waals surface area contributed by atoms with E-state index in [1.54, 1.807) is 27.4 Å². The molecule has 2 aromatic rings. The molecule has 3 heterocycles. The Morgan fingerprint density at radius 1 is 1.38 bits per heavy atom. The highest BCUT2D eigenvalue weighted by molar-refractivity contribution is 7.89. The van der Waals surface area contributed by atoms with E-state index in [1.807, 2.05) is 6.92 Å². The van der Waals surface area contributed by atoms with Gasteiger partial charge in [0, 0.05) is 32.0 Å². The van der Waals surface area contributed by atoms with Crippen molar-refractivity contribution in [2.45, 2.75) is 26.2 Å². The fourth-order valence-corrected chi connectivity index (χ4v) is 4.75. The van der Waals surface area contributed by atoms with Crippen molar-refractivity contribution in [2.24, 2.45) is 5.92 Å². The molecule has 1 unspecified atom stereocenters. The third-order valence-corrected chi connectivity index (χ3v) is 6.46. The van der Waals surface area contributed by atoms with Crippen LogP contribution in [-0.2, 0) is 10.0 Å². The number of nitrogens with two attached hydrogens (primary N) is 1. The molecule has 26 heavy (non-hydrogen) atoms. The van der Waals surface area contributed by atoms with Gasteiger partial charge in [-0.1, -0.05) is 13.3 Å². The molecule has 3 rings (SSSR count). The van der Waals surface area contributed by atoms with E-state index in [0.29, 0.717) is 43.4 Å². The molecule has 0 bridgehead atoms. The molecule has 0 amide bonds. The largest absolute Gasteiger partial charge is 0.393 e. The molecule has 1 saturated heterocycles. The second kappa shape index (κ2) is 8.00. The van der Waals surface area contributed by atoms with Gasteiger partial charge in [-0.25, -0.2) is 27.4 Å². The van der Waals surface area contributed by atoms with Crippen molar-refractivity contribution in [1.29, 1.82) is 0 Å². The van der Waals surface area contributed by atoms with Gasteiger partial charge < -0.3 is 11.1 Å². The molecule has 0 aliphatic carbocycles. The van der Waals surface area contributed by atoms with E-state index < -0.39 is 10.0 Å². The van der Waals surface area contributed by atoms with Crippen LogP contribution in [0.3, 0.4) is 0 Å². The van der Waals surface area contributed by atoms with Crippen LogP contribution in [0.25, 0.3) is 5.82 Å². The first kappa shape index (κ1) is 18.6. The van der Waals surface area contributed by atoms with Gasteiger partial charge in [-0.3, -0.25) is 0 Å². The second-order valence-corrected chi connectivity index (χ2v) is 8.56. The summed E-state index contributed by atoms with van der Waals surface area (Å²) in [7, 11) is -3.14. The number of nitrogen functional groups attached to an aromatic ring is 1. The number of aromatic nitrogens is 4. The van der Waals surface area contributed by atoms with Gasteiger partial charge in [0.15, 0.2) is 11.6 Å². The van der Waals surface area contributed by atoms with E-state index in [4.69, 9.17) is 5.73 Å². The average molecular weight is 379 g/mol. The third kappa shape index (κ3) is 4.13. The van der Waals surface area contributed by atoms with Crippen LogP contribution in [0, 0.1) is 5.92 Å². The van der Waals surface area contributed by atoms with E-state index in [9.17, 15) is 8.42 Å². The summed E-state index contributed by atoms with van der Waals surface area (Å²) in [5.74, 6) is 1.52. The Hall–Kier alpha value is -2.20. The minimum atomic E-state index is -3.14. The number of hydrogen-bond donors (Lipinski definition) is 2. The molecule has 1 atom stereocenters. The maximum absolute atomic E-state index is 12.3. The second-order valence-electron chi connectivity index (χ2n) is 6.47. The number of nitrogens with one attached hydrogen (secondary N) is 1. The molecule has 1 fully saturated rings. The number of hydrogen-bond acceptors (Lipinski definition) is 7. The van der Waals surface area contributed by atoms with Gasteiger partial charge in [0.1, 0.15) is 12.0 Å². The maximum Gasteiger partial charge on any atom is 0.214 e. The predicted octanol–water partition coefficient (Wildman–Crippen LogP) is 1.11. The van der Waals surface area contributed by atoms with Crippen LogP contribution in [-0.4, -0.2) is 57.9 Å². The molecule has 3 N–H and O–H groups in total. The molecule has 10 heteroatoms. The van der Waals surface area contributed by atoms with Crippen molar-refractivity contribution >= 4 is 21.5 Å². The minimum Gasteiger partial charge on any atom is -0.393 e. The maximum atomic E-state index is 12.3. The van der Waals surface area contributed by atoms with Crippen molar-refractivity contribution in [1.82, 2.24) is 24.1 Å². The lowest BCUT2D eigenvalue weighted by molar-refractivity contribution is 0.459. The van der Waals surface area contributed by atoms with Crippen molar-refractivity contribution in [2.75, 3.05) is 36.4 Å². The van der Waals surface area contributed by atoms with E-state index in [0.717, 1.165) is 12.8 Å². The normalized spacial score (nSPS) is 18.3. The van der Waals surface area contributed by atoms with Gasteiger partial charge in [-0.15, -0.1) is 0 Å². The van der Waals surface area contributed by atoms with Gasteiger partial charge >= 0.3 is 0 Å². The fourth-order valence-electron chi connectivity index (χ4n) is 3.02. The number of unbranched alkanes of at least 4 members (excludes halogenated alkanes) is 1. The summed E-state index contributed by atoms with van der Waals surface area (Å²) in [5, 5.41) is 7.37. The van der Waals surface area contributed by atoms with Gasteiger partial charge in [-0.2, -0.15) is 5.10 Å². The van der Waals surface area contributed by atoms with Gasteiger partial charge in [0.25, 0.3) is 0 Å². The predicted molar refractivity (Wildman–Crippen MR) is 100 cm³/mol. The highest BCUT2D eigenvalue weighted by Crippen LogP contribution is 2.24. The Bertz CT molecular complexity index is 823. The van der Waals surface area contributed by atoms with Gasteiger partial charge in [-0.05, 0) is 24.8 Å². The van der Waals surface area contributed by atoms with Crippen molar-refractivity contribution in [3.05, 3.63) is 24.8 Å². The molecule has 0 saturated carbocycles. The van der Waals surface area contributed by atoms with Crippen LogP contribution in [0.4, 0.5) is 11.5 Å².